The van der Waals surface area contributed by atoms with E-state index in [-0.39, 0.29) is 0 Å². The molecule has 2 aliphatic rings. The van der Waals surface area contributed by atoms with E-state index in [4.69, 9.17) is 4.98 Å². The first-order valence-corrected chi connectivity index (χ1v) is 10.2. The van der Waals surface area contributed by atoms with Gasteiger partial charge in [0, 0.05) is 41.6 Å². The Labute approximate surface area is 162 Å². The van der Waals surface area contributed by atoms with E-state index in [1.807, 2.05) is 30.7 Å². The van der Waals surface area contributed by atoms with E-state index >= 15 is 0 Å². The molecular weight excluding hydrogens is 350 g/mol. The van der Waals surface area contributed by atoms with Crippen LogP contribution < -0.4 is 5.32 Å². The largest absolute Gasteiger partial charge is 0.351 e. The first kappa shape index (κ1) is 16.0. The van der Waals surface area contributed by atoms with E-state index in [9.17, 15) is 0 Å². The van der Waals surface area contributed by atoms with Crippen molar-refractivity contribution in [2.24, 2.45) is 5.41 Å². The molecule has 0 aromatic carbocycles. The van der Waals surface area contributed by atoms with Gasteiger partial charge in [0.2, 0.25) is 5.95 Å². The molecule has 0 amide bonds. The molecule has 4 heterocycles. The molecule has 2 aliphatic carbocycles. The second-order valence-electron chi connectivity index (χ2n) is 8.38. The maximum absolute atomic E-state index is 4.72. The van der Waals surface area contributed by atoms with Crippen molar-refractivity contribution in [3.05, 3.63) is 36.9 Å². The Balaban J connectivity index is 1.24. The van der Waals surface area contributed by atoms with Crippen LogP contribution in [-0.4, -0.2) is 35.6 Å². The zero-order valence-electron chi connectivity index (χ0n) is 15.7. The summed E-state index contributed by atoms with van der Waals surface area (Å²) in [6.45, 7) is 0. The quantitative estimate of drug-likeness (QED) is 0.562. The van der Waals surface area contributed by atoms with Crippen molar-refractivity contribution < 1.29 is 0 Å². The Hall–Kier alpha value is -2.96. The summed E-state index contributed by atoms with van der Waals surface area (Å²) < 4.78 is 1.76. The van der Waals surface area contributed by atoms with Crippen LogP contribution in [0.2, 0.25) is 0 Å². The molecule has 7 heteroatoms. The van der Waals surface area contributed by atoms with E-state index < -0.39 is 0 Å². The number of rotatable bonds is 3. The van der Waals surface area contributed by atoms with Crippen molar-refractivity contribution in [3.63, 3.8) is 0 Å². The SMILES string of the molecule is c1cc2nc(-c3c[nH]c4nc(NC5CCC6(CCC6)CC5)ncc34)ccn2n1. The Kier molecular flexibility index (Phi) is 3.45. The number of fused-ring (bicyclic) bond motifs is 2. The Morgan fingerprint density at radius 2 is 2.00 bits per heavy atom. The van der Waals surface area contributed by atoms with E-state index in [2.05, 4.69) is 25.4 Å². The van der Waals surface area contributed by atoms with Gasteiger partial charge in [-0.3, -0.25) is 0 Å². The van der Waals surface area contributed by atoms with Crippen molar-refractivity contribution in [1.29, 1.82) is 0 Å². The lowest BCUT2D eigenvalue weighted by Gasteiger charge is -2.47. The first-order valence-electron chi connectivity index (χ1n) is 10.2. The summed E-state index contributed by atoms with van der Waals surface area (Å²) >= 11 is 0. The van der Waals surface area contributed by atoms with E-state index in [1.165, 1.54) is 44.9 Å². The molecule has 142 valence electrons. The minimum Gasteiger partial charge on any atom is -0.351 e. The number of anilines is 1. The summed E-state index contributed by atoms with van der Waals surface area (Å²) in [5, 5.41) is 8.75. The lowest BCUT2D eigenvalue weighted by atomic mass is 9.60. The van der Waals surface area contributed by atoms with Gasteiger partial charge in [-0.15, -0.1) is 0 Å². The molecule has 0 unspecified atom stereocenters. The van der Waals surface area contributed by atoms with Crippen LogP contribution in [0.15, 0.2) is 36.9 Å². The molecule has 0 bridgehead atoms. The van der Waals surface area contributed by atoms with Gasteiger partial charge in [0.1, 0.15) is 5.65 Å². The zero-order chi connectivity index (χ0) is 18.6. The number of aromatic nitrogens is 6. The fraction of sp³-hybridized carbons (Fsp3) is 0.429. The number of aromatic amines is 1. The van der Waals surface area contributed by atoms with Crippen LogP contribution in [-0.2, 0) is 0 Å². The molecule has 1 spiro atoms. The zero-order valence-corrected chi connectivity index (χ0v) is 15.7. The third kappa shape index (κ3) is 2.57. The van der Waals surface area contributed by atoms with Crippen LogP contribution >= 0.6 is 0 Å². The van der Waals surface area contributed by atoms with Gasteiger partial charge in [0.05, 0.1) is 11.9 Å². The maximum Gasteiger partial charge on any atom is 0.224 e. The summed E-state index contributed by atoms with van der Waals surface area (Å²) in [6.07, 6.45) is 17.0. The van der Waals surface area contributed by atoms with Gasteiger partial charge >= 0.3 is 0 Å². The van der Waals surface area contributed by atoms with E-state index in [0.29, 0.717) is 11.5 Å². The fourth-order valence-electron chi connectivity index (χ4n) is 4.89. The van der Waals surface area contributed by atoms with Gasteiger partial charge in [0.15, 0.2) is 5.65 Å². The molecule has 4 aromatic heterocycles. The third-order valence-electron chi connectivity index (χ3n) is 6.76. The predicted molar refractivity (Wildman–Crippen MR) is 108 cm³/mol. The summed E-state index contributed by atoms with van der Waals surface area (Å²) in [5.74, 6) is 0.717. The van der Waals surface area contributed by atoms with Gasteiger partial charge in [0.25, 0.3) is 0 Å². The van der Waals surface area contributed by atoms with Crippen molar-refractivity contribution in [2.45, 2.75) is 51.0 Å². The monoisotopic (exact) mass is 373 g/mol. The van der Waals surface area contributed by atoms with Crippen LogP contribution in [0.4, 0.5) is 5.95 Å². The van der Waals surface area contributed by atoms with E-state index in [1.54, 1.807) is 10.7 Å². The van der Waals surface area contributed by atoms with Crippen molar-refractivity contribution >= 4 is 22.6 Å². The maximum atomic E-state index is 4.72. The number of nitrogens with one attached hydrogen (secondary N) is 2. The number of H-pyrrole nitrogens is 1. The van der Waals surface area contributed by atoms with Crippen LogP contribution in [0.5, 0.6) is 0 Å². The van der Waals surface area contributed by atoms with E-state index in [0.717, 1.165) is 33.9 Å². The van der Waals surface area contributed by atoms with Crippen LogP contribution in [0.25, 0.3) is 27.9 Å². The number of hydrogen-bond acceptors (Lipinski definition) is 5. The molecule has 2 fully saturated rings. The topological polar surface area (TPSA) is 83.8 Å². The molecule has 2 N–H and O–H groups in total. The molecule has 7 nitrogen and oxygen atoms in total. The molecular formula is C21H23N7. The van der Waals surface area contributed by atoms with Crippen molar-refractivity contribution in [3.8, 4) is 11.3 Å². The Bertz CT molecular complexity index is 1140. The summed E-state index contributed by atoms with van der Waals surface area (Å²) in [5.41, 5.74) is 4.25. The van der Waals surface area contributed by atoms with Crippen LogP contribution in [0.3, 0.4) is 0 Å². The first-order chi connectivity index (χ1) is 13.8. The van der Waals surface area contributed by atoms with Gasteiger partial charge in [-0.1, -0.05) is 6.42 Å². The standard InChI is InChI=1S/C21H23N7/c1-6-21(7-1)8-2-14(3-9-21)25-20-23-13-16-15(12-22-19(16)27-20)17-5-11-28-18(26-17)4-10-24-28/h4-5,10-14H,1-3,6-9H2,(H2,22,23,25,27). The average molecular weight is 373 g/mol. The van der Waals surface area contributed by atoms with Gasteiger partial charge < -0.3 is 10.3 Å². The molecule has 6 rings (SSSR count). The lowest BCUT2D eigenvalue weighted by molar-refractivity contribution is 0.0729. The highest BCUT2D eigenvalue weighted by Gasteiger charge is 2.40. The Morgan fingerprint density at radius 3 is 2.82 bits per heavy atom. The summed E-state index contributed by atoms with van der Waals surface area (Å²) in [7, 11) is 0. The molecule has 0 radical (unpaired) electrons. The normalized spacial score (nSPS) is 19.3. The summed E-state index contributed by atoms with van der Waals surface area (Å²) in [4.78, 5) is 17.3. The number of hydrogen-bond donors (Lipinski definition) is 2. The fourth-order valence-corrected chi connectivity index (χ4v) is 4.89. The van der Waals surface area contributed by atoms with Gasteiger partial charge in [-0.25, -0.2) is 14.5 Å². The molecule has 28 heavy (non-hydrogen) atoms. The second kappa shape index (κ2) is 6.02. The number of nitrogens with zero attached hydrogens (tertiary/aromatic N) is 5. The molecule has 2 saturated carbocycles. The highest BCUT2D eigenvalue weighted by molar-refractivity contribution is 5.92. The summed E-state index contributed by atoms with van der Waals surface area (Å²) in [6, 6.07) is 4.35. The molecule has 0 saturated heterocycles. The van der Waals surface area contributed by atoms with Crippen molar-refractivity contribution in [1.82, 2.24) is 29.5 Å². The molecule has 0 atom stereocenters. The highest BCUT2D eigenvalue weighted by Crippen LogP contribution is 2.51. The minimum absolute atomic E-state index is 0.490. The Morgan fingerprint density at radius 1 is 1.11 bits per heavy atom. The molecule has 4 aromatic rings. The average Bonchev–Trinajstić information content (AvgIpc) is 3.33. The minimum atomic E-state index is 0.490. The van der Waals surface area contributed by atoms with Gasteiger partial charge in [-0.05, 0) is 50.0 Å². The van der Waals surface area contributed by atoms with Crippen molar-refractivity contribution in [2.75, 3.05) is 5.32 Å². The third-order valence-corrected chi connectivity index (χ3v) is 6.76. The van der Waals surface area contributed by atoms with Crippen LogP contribution in [0, 0.1) is 5.41 Å². The van der Waals surface area contributed by atoms with Gasteiger partial charge in [-0.2, -0.15) is 10.1 Å². The highest BCUT2D eigenvalue weighted by atomic mass is 15.2. The molecule has 0 aliphatic heterocycles. The lowest BCUT2D eigenvalue weighted by Crippen LogP contribution is -2.38. The smallest absolute Gasteiger partial charge is 0.224 e. The predicted octanol–water partition coefficient (Wildman–Crippen LogP) is 4.19. The van der Waals surface area contributed by atoms with Crippen LogP contribution in [0.1, 0.15) is 44.9 Å². The second-order valence-corrected chi connectivity index (χ2v) is 8.38.